The second-order valence-corrected chi connectivity index (χ2v) is 6.08. The second-order valence-electron chi connectivity index (χ2n) is 6.08. The molecule has 120 valence electrons. The summed E-state index contributed by atoms with van der Waals surface area (Å²) in [4.78, 5) is 4.49. The Bertz CT molecular complexity index is 657. The number of pyridine rings is 1. The predicted octanol–water partition coefficient (Wildman–Crippen LogP) is 4.83. The van der Waals surface area contributed by atoms with Crippen LogP contribution in [-0.2, 0) is 6.54 Å². The number of aryl methyl sites for hydroxylation is 1. The van der Waals surface area contributed by atoms with Crippen LogP contribution in [0.4, 0.5) is 0 Å². The fraction of sp³-hybridized carbons (Fsp3) is 0.500. The van der Waals surface area contributed by atoms with E-state index in [4.69, 9.17) is 4.74 Å². The smallest absolute Gasteiger partial charge is 0.238 e. The maximum atomic E-state index is 6.09. The van der Waals surface area contributed by atoms with E-state index in [9.17, 15) is 0 Å². The first-order valence-electron chi connectivity index (χ1n) is 7.90. The van der Waals surface area contributed by atoms with Gasteiger partial charge in [0.15, 0.2) is 0 Å². The standard InChI is InChI=1S/C18H24N2O.ClH/c1-4-11-20-14(3)13(2)16-9-10-19-18(17(16)20)21-12-15-7-5-6-8-15;/h4,9-10,15H,1,5-8,11-12H2,2-3H3;1H. The highest BCUT2D eigenvalue weighted by Gasteiger charge is 2.19. The molecule has 1 aliphatic rings. The van der Waals surface area contributed by atoms with E-state index in [0.29, 0.717) is 5.92 Å². The Morgan fingerprint density at radius 1 is 1.36 bits per heavy atom. The molecule has 3 rings (SSSR count). The summed E-state index contributed by atoms with van der Waals surface area (Å²) >= 11 is 0. The van der Waals surface area contributed by atoms with E-state index in [-0.39, 0.29) is 12.4 Å². The summed E-state index contributed by atoms with van der Waals surface area (Å²) in [6.07, 6.45) is 9.06. The van der Waals surface area contributed by atoms with E-state index >= 15 is 0 Å². The summed E-state index contributed by atoms with van der Waals surface area (Å²) in [5.41, 5.74) is 3.69. The second kappa shape index (κ2) is 7.19. The van der Waals surface area contributed by atoms with Gasteiger partial charge in [-0.3, -0.25) is 0 Å². The van der Waals surface area contributed by atoms with E-state index in [2.05, 4.69) is 36.0 Å². The van der Waals surface area contributed by atoms with Crippen LogP contribution in [0.3, 0.4) is 0 Å². The Labute approximate surface area is 138 Å². The number of hydrogen-bond donors (Lipinski definition) is 0. The molecule has 0 aliphatic heterocycles. The molecule has 2 heterocycles. The normalized spacial score (nSPS) is 15.0. The number of halogens is 1. The van der Waals surface area contributed by atoms with Gasteiger partial charge in [0.1, 0.15) is 5.52 Å². The van der Waals surface area contributed by atoms with Crippen LogP contribution >= 0.6 is 12.4 Å². The number of allylic oxidation sites excluding steroid dienone is 1. The molecule has 0 amide bonds. The van der Waals surface area contributed by atoms with Gasteiger partial charge < -0.3 is 9.30 Å². The molecular formula is C18H25ClN2O. The average Bonchev–Trinajstić information content (AvgIpc) is 3.09. The Morgan fingerprint density at radius 2 is 2.09 bits per heavy atom. The third-order valence-corrected chi connectivity index (χ3v) is 4.75. The minimum atomic E-state index is 0. The van der Waals surface area contributed by atoms with Crippen LogP contribution in [0, 0.1) is 19.8 Å². The van der Waals surface area contributed by atoms with Crippen molar-refractivity contribution in [3.8, 4) is 5.88 Å². The van der Waals surface area contributed by atoms with Crippen molar-refractivity contribution in [1.82, 2.24) is 9.55 Å². The first kappa shape index (κ1) is 16.9. The van der Waals surface area contributed by atoms with Crippen molar-refractivity contribution in [3.05, 3.63) is 36.2 Å². The van der Waals surface area contributed by atoms with Crippen molar-refractivity contribution in [1.29, 1.82) is 0 Å². The topological polar surface area (TPSA) is 27.1 Å². The lowest BCUT2D eigenvalue weighted by molar-refractivity contribution is 0.245. The summed E-state index contributed by atoms with van der Waals surface area (Å²) in [5, 5.41) is 1.24. The molecule has 2 aromatic heterocycles. The highest BCUT2D eigenvalue weighted by atomic mass is 35.5. The molecule has 0 unspecified atom stereocenters. The third-order valence-electron chi connectivity index (χ3n) is 4.75. The summed E-state index contributed by atoms with van der Waals surface area (Å²) in [5.74, 6) is 1.48. The Balaban J connectivity index is 0.00000176. The molecule has 0 saturated heterocycles. The number of nitrogens with zero attached hydrogens (tertiary/aromatic N) is 2. The van der Waals surface area contributed by atoms with Crippen molar-refractivity contribution in [2.24, 2.45) is 5.92 Å². The van der Waals surface area contributed by atoms with E-state index < -0.39 is 0 Å². The lowest BCUT2D eigenvalue weighted by Gasteiger charge is -2.13. The lowest BCUT2D eigenvalue weighted by Crippen LogP contribution is -2.10. The molecule has 1 saturated carbocycles. The molecule has 1 aliphatic carbocycles. The molecule has 0 aromatic carbocycles. The molecule has 1 fully saturated rings. The van der Waals surface area contributed by atoms with Crippen LogP contribution < -0.4 is 4.74 Å². The van der Waals surface area contributed by atoms with Gasteiger partial charge in [0.05, 0.1) is 6.61 Å². The van der Waals surface area contributed by atoms with Gasteiger partial charge in [-0.1, -0.05) is 18.9 Å². The van der Waals surface area contributed by atoms with Crippen molar-refractivity contribution in [2.45, 2.75) is 46.1 Å². The minimum absolute atomic E-state index is 0. The average molecular weight is 321 g/mol. The van der Waals surface area contributed by atoms with Gasteiger partial charge in [-0.2, -0.15) is 0 Å². The molecule has 3 nitrogen and oxygen atoms in total. The molecular weight excluding hydrogens is 296 g/mol. The van der Waals surface area contributed by atoms with E-state index in [1.807, 2.05) is 12.3 Å². The molecule has 4 heteroatoms. The zero-order valence-corrected chi connectivity index (χ0v) is 14.3. The molecule has 22 heavy (non-hydrogen) atoms. The van der Waals surface area contributed by atoms with Gasteiger partial charge in [-0.05, 0) is 44.2 Å². The number of hydrogen-bond acceptors (Lipinski definition) is 2. The van der Waals surface area contributed by atoms with E-state index in [1.165, 1.54) is 42.3 Å². The SMILES string of the molecule is C=CCn1c(C)c(C)c2ccnc(OCC3CCCC3)c21.Cl. The van der Waals surface area contributed by atoms with Crippen molar-refractivity contribution in [2.75, 3.05) is 6.61 Å². The summed E-state index contributed by atoms with van der Waals surface area (Å²) in [7, 11) is 0. The van der Waals surface area contributed by atoms with Crippen LogP contribution in [0.15, 0.2) is 24.9 Å². The zero-order valence-electron chi connectivity index (χ0n) is 13.5. The first-order valence-corrected chi connectivity index (χ1v) is 7.90. The number of aromatic nitrogens is 2. The number of fused-ring (bicyclic) bond motifs is 1. The van der Waals surface area contributed by atoms with Gasteiger partial charge in [0, 0.05) is 23.8 Å². The lowest BCUT2D eigenvalue weighted by atomic mass is 10.1. The van der Waals surface area contributed by atoms with Crippen LogP contribution in [0.1, 0.15) is 36.9 Å². The monoisotopic (exact) mass is 320 g/mol. The molecule has 0 radical (unpaired) electrons. The van der Waals surface area contributed by atoms with Gasteiger partial charge in [-0.15, -0.1) is 19.0 Å². The predicted molar refractivity (Wildman–Crippen MR) is 94.1 cm³/mol. The third kappa shape index (κ3) is 3.00. The summed E-state index contributed by atoms with van der Waals surface area (Å²) < 4.78 is 8.35. The fourth-order valence-electron chi connectivity index (χ4n) is 3.40. The van der Waals surface area contributed by atoms with Crippen molar-refractivity contribution >= 4 is 23.3 Å². The molecule has 0 spiro atoms. The van der Waals surface area contributed by atoms with Crippen molar-refractivity contribution < 1.29 is 4.74 Å². The maximum absolute atomic E-state index is 6.09. The molecule has 0 atom stereocenters. The molecule has 2 aromatic rings. The largest absolute Gasteiger partial charge is 0.476 e. The van der Waals surface area contributed by atoms with E-state index in [0.717, 1.165) is 24.5 Å². The van der Waals surface area contributed by atoms with Crippen molar-refractivity contribution in [3.63, 3.8) is 0 Å². The van der Waals surface area contributed by atoms with Crippen LogP contribution in [0.5, 0.6) is 5.88 Å². The Morgan fingerprint density at radius 3 is 2.77 bits per heavy atom. The Hall–Kier alpha value is -1.48. The summed E-state index contributed by atoms with van der Waals surface area (Å²) in [6.45, 7) is 9.78. The maximum Gasteiger partial charge on any atom is 0.238 e. The highest BCUT2D eigenvalue weighted by Crippen LogP contribution is 2.32. The van der Waals surface area contributed by atoms with Crippen LogP contribution in [0.2, 0.25) is 0 Å². The van der Waals surface area contributed by atoms with Gasteiger partial charge in [0.25, 0.3) is 0 Å². The fourth-order valence-corrected chi connectivity index (χ4v) is 3.40. The first-order chi connectivity index (χ1) is 10.2. The van der Waals surface area contributed by atoms with Gasteiger partial charge in [0.2, 0.25) is 5.88 Å². The zero-order chi connectivity index (χ0) is 14.8. The summed E-state index contributed by atoms with van der Waals surface area (Å²) in [6, 6.07) is 2.08. The quantitative estimate of drug-likeness (QED) is 0.738. The van der Waals surface area contributed by atoms with Gasteiger partial charge in [-0.25, -0.2) is 4.98 Å². The minimum Gasteiger partial charge on any atom is -0.476 e. The molecule has 0 bridgehead atoms. The van der Waals surface area contributed by atoms with Crippen LogP contribution in [0.25, 0.3) is 10.9 Å². The highest BCUT2D eigenvalue weighted by molar-refractivity contribution is 5.88. The molecule has 0 N–H and O–H groups in total. The number of ether oxygens (including phenoxy) is 1. The number of rotatable bonds is 5. The van der Waals surface area contributed by atoms with E-state index in [1.54, 1.807) is 0 Å². The Kier molecular flexibility index (Phi) is 5.52. The van der Waals surface area contributed by atoms with Crippen LogP contribution in [-0.4, -0.2) is 16.2 Å². The van der Waals surface area contributed by atoms with Gasteiger partial charge >= 0.3 is 0 Å².